The third-order valence-electron chi connectivity index (χ3n) is 6.17. The molecule has 2 fully saturated rings. The minimum Gasteiger partial charge on any atom is -0.379 e. The topological polar surface area (TPSA) is 88.2 Å². The van der Waals surface area contributed by atoms with E-state index >= 15 is 0 Å². The molecule has 2 aliphatic heterocycles. The lowest BCUT2D eigenvalue weighted by Crippen LogP contribution is -2.45. The van der Waals surface area contributed by atoms with Crippen LogP contribution >= 0.6 is 0 Å². The monoisotopic (exact) mass is 487 g/mol. The van der Waals surface area contributed by atoms with Gasteiger partial charge in [0.2, 0.25) is 10.0 Å². The number of nitrogens with one attached hydrogen (secondary N) is 1. The van der Waals surface area contributed by atoms with Crippen molar-refractivity contribution >= 4 is 15.9 Å². The number of carbonyl (C=O) groups is 1. The predicted molar refractivity (Wildman–Crippen MR) is 129 cm³/mol. The van der Waals surface area contributed by atoms with Crippen LogP contribution in [0.2, 0.25) is 0 Å². The summed E-state index contributed by atoms with van der Waals surface area (Å²) in [6.45, 7) is 8.61. The molecule has 0 aliphatic carbocycles. The molecule has 184 valence electrons. The highest BCUT2D eigenvalue weighted by atomic mass is 32.2. The van der Waals surface area contributed by atoms with E-state index in [-0.39, 0.29) is 23.0 Å². The molecular formula is C25H33N3O5S. The predicted octanol–water partition coefficient (Wildman–Crippen LogP) is 2.25. The quantitative estimate of drug-likeness (QED) is 0.645. The summed E-state index contributed by atoms with van der Waals surface area (Å²) in [7, 11) is -3.58. The summed E-state index contributed by atoms with van der Waals surface area (Å²) < 4.78 is 38.0. The second-order valence-corrected chi connectivity index (χ2v) is 10.9. The lowest BCUT2D eigenvalue weighted by Gasteiger charge is -2.35. The zero-order valence-electron chi connectivity index (χ0n) is 19.8. The molecule has 1 amide bonds. The number of hydrogen-bond donors (Lipinski definition) is 1. The van der Waals surface area contributed by atoms with Crippen molar-refractivity contribution < 1.29 is 22.7 Å². The third-order valence-corrected chi connectivity index (χ3v) is 8.08. The second-order valence-electron chi connectivity index (χ2n) is 8.94. The molecule has 4 rings (SSSR count). The Hall–Kier alpha value is -2.30. The molecule has 8 nitrogen and oxygen atoms in total. The van der Waals surface area contributed by atoms with Gasteiger partial charge in [-0.25, -0.2) is 8.42 Å². The standard InChI is InChI=1S/C25H33N3O5S/c1-19-16-27(17-20(2)33-19)18-23-6-4-3-5-22(23)15-26-25(29)21-7-9-24(10-8-21)34(30,31)28-11-13-32-14-12-28/h3-10,19-20H,11-18H2,1-2H3,(H,26,29). The Balaban J connectivity index is 1.38. The maximum Gasteiger partial charge on any atom is 0.251 e. The van der Waals surface area contributed by atoms with Crippen molar-refractivity contribution in [2.45, 2.75) is 44.0 Å². The number of rotatable bonds is 7. The first-order valence-electron chi connectivity index (χ1n) is 11.7. The van der Waals surface area contributed by atoms with E-state index < -0.39 is 10.0 Å². The van der Waals surface area contributed by atoms with Gasteiger partial charge in [0.1, 0.15) is 0 Å². The van der Waals surface area contributed by atoms with Gasteiger partial charge in [-0.3, -0.25) is 9.69 Å². The average Bonchev–Trinajstić information content (AvgIpc) is 2.83. The number of amides is 1. The van der Waals surface area contributed by atoms with Crippen LogP contribution in [0, 0.1) is 0 Å². The first-order valence-corrected chi connectivity index (χ1v) is 13.2. The molecule has 2 aromatic rings. The van der Waals surface area contributed by atoms with Gasteiger partial charge in [-0.15, -0.1) is 0 Å². The highest BCUT2D eigenvalue weighted by Crippen LogP contribution is 2.19. The van der Waals surface area contributed by atoms with Gasteiger partial charge in [0.15, 0.2) is 0 Å². The molecule has 0 bridgehead atoms. The Kier molecular flexibility index (Phi) is 8.00. The van der Waals surface area contributed by atoms with E-state index in [4.69, 9.17) is 9.47 Å². The first-order chi connectivity index (χ1) is 16.3. The lowest BCUT2D eigenvalue weighted by atomic mass is 10.1. The van der Waals surface area contributed by atoms with Crippen LogP contribution < -0.4 is 5.32 Å². The van der Waals surface area contributed by atoms with Gasteiger partial charge < -0.3 is 14.8 Å². The summed E-state index contributed by atoms with van der Waals surface area (Å²) in [4.78, 5) is 15.3. The van der Waals surface area contributed by atoms with Crippen molar-refractivity contribution in [3.05, 3.63) is 65.2 Å². The summed E-state index contributed by atoms with van der Waals surface area (Å²) in [5.41, 5.74) is 2.67. The fourth-order valence-electron chi connectivity index (χ4n) is 4.53. The molecule has 0 radical (unpaired) electrons. The van der Waals surface area contributed by atoms with E-state index in [1.165, 1.54) is 22.0 Å². The fourth-order valence-corrected chi connectivity index (χ4v) is 5.94. The van der Waals surface area contributed by atoms with Gasteiger partial charge in [0, 0.05) is 44.8 Å². The Morgan fingerprint density at radius 2 is 1.59 bits per heavy atom. The van der Waals surface area contributed by atoms with Gasteiger partial charge in [-0.1, -0.05) is 24.3 Å². The summed E-state index contributed by atoms with van der Waals surface area (Å²) in [6.07, 6.45) is 0.399. The molecule has 2 saturated heterocycles. The van der Waals surface area contributed by atoms with Crippen LogP contribution in [0.15, 0.2) is 53.4 Å². The van der Waals surface area contributed by atoms with E-state index in [1.54, 1.807) is 12.1 Å². The third kappa shape index (κ3) is 6.03. The largest absolute Gasteiger partial charge is 0.379 e. The SMILES string of the molecule is CC1CN(Cc2ccccc2CNC(=O)c2ccc(S(=O)(=O)N3CCOCC3)cc2)CC(C)O1. The Labute approximate surface area is 201 Å². The average molecular weight is 488 g/mol. The maximum absolute atomic E-state index is 12.8. The van der Waals surface area contributed by atoms with Gasteiger partial charge in [0.05, 0.1) is 30.3 Å². The smallest absolute Gasteiger partial charge is 0.251 e. The zero-order valence-corrected chi connectivity index (χ0v) is 20.6. The molecule has 1 N–H and O–H groups in total. The van der Waals surface area contributed by atoms with Crippen molar-refractivity contribution in [1.82, 2.24) is 14.5 Å². The van der Waals surface area contributed by atoms with Crippen LogP contribution in [0.4, 0.5) is 0 Å². The van der Waals surface area contributed by atoms with Crippen LogP contribution in [-0.2, 0) is 32.6 Å². The second kappa shape index (κ2) is 11.0. The summed E-state index contributed by atoms with van der Waals surface area (Å²) in [6, 6.07) is 14.2. The number of sulfonamides is 1. The molecule has 0 aromatic heterocycles. The minimum absolute atomic E-state index is 0.185. The van der Waals surface area contributed by atoms with Crippen molar-refractivity contribution in [2.75, 3.05) is 39.4 Å². The van der Waals surface area contributed by atoms with Gasteiger partial charge in [0.25, 0.3) is 5.91 Å². The summed E-state index contributed by atoms with van der Waals surface area (Å²) in [5, 5.41) is 2.97. The van der Waals surface area contributed by atoms with Crippen molar-refractivity contribution in [3.8, 4) is 0 Å². The zero-order chi connectivity index (χ0) is 24.1. The van der Waals surface area contributed by atoms with E-state index in [2.05, 4.69) is 30.1 Å². The number of nitrogens with zero attached hydrogens (tertiary/aromatic N) is 2. The van der Waals surface area contributed by atoms with E-state index in [0.717, 1.165) is 25.2 Å². The molecule has 2 unspecified atom stereocenters. The van der Waals surface area contributed by atoms with Crippen molar-refractivity contribution in [2.24, 2.45) is 0 Å². The van der Waals surface area contributed by atoms with Crippen molar-refractivity contribution in [3.63, 3.8) is 0 Å². The van der Waals surface area contributed by atoms with Gasteiger partial charge in [-0.2, -0.15) is 4.31 Å². The van der Waals surface area contributed by atoms with Crippen LogP contribution in [-0.4, -0.2) is 75.1 Å². The van der Waals surface area contributed by atoms with Crippen LogP contribution in [0.5, 0.6) is 0 Å². The number of benzene rings is 2. The number of morpholine rings is 2. The van der Waals surface area contributed by atoms with E-state index in [0.29, 0.717) is 38.4 Å². The lowest BCUT2D eigenvalue weighted by molar-refractivity contribution is -0.0705. The molecule has 0 spiro atoms. The van der Waals surface area contributed by atoms with Gasteiger partial charge in [-0.05, 0) is 49.2 Å². The van der Waals surface area contributed by atoms with Crippen LogP contribution in [0.25, 0.3) is 0 Å². The minimum atomic E-state index is -3.58. The molecule has 2 aromatic carbocycles. The van der Waals surface area contributed by atoms with E-state index in [9.17, 15) is 13.2 Å². The molecular weight excluding hydrogens is 454 g/mol. The highest BCUT2D eigenvalue weighted by molar-refractivity contribution is 7.89. The molecule has 2 aliphatic rings. The van der Waals surface area contributed by atoms with Crippen LogP contribution in [0.3, 0.4) is 0 Å². The highest BCUT2D eigenvalue weighted by Gasteiger charge is 2.26. The molecule has 9 heteroatoms. The normalized spacial score (nSPS) is 22.4. The van der Waals surface area contributed by atoms with Crippen molar-refractivity contribution in [1.29, 1.82) is 0 Å². The molecule has 2 heterocycles. The Morgan fingerprint density at radius 3 is 2.24 bits per heavy atom. The van der Waals surface area contributed by atoms with Gasteiger partial charge >= 0.3 is 0 Å². The number of carbonyl (C=O) groups excluding carboxylic acids is 1. The summed E-state index contributed by atoms with van der Waals surface area (Å²) in [5.74, 6) is -0.237. The molecule has 0 saturated carbocycles. The Morgan fingerprint density at radius 1 is 0.971 bits per heavy atom. The van der Waals surface area contributed by atoms with Crippen LogP contribution in [0.1, 0.15) is 35.3 Å². The maximum atomic E-state index is 12.8. The first kappa shape index (κ1) is 24.8. The fraction of sp³-hybridized carbons (Fsp3) is 0.480. The van der Waals surface area contributed by atoms with E-state index in [1.807, 2.05) is 18.2 Å². The number of hydrogen-bond acceptors (Lipinski definition) is 6. The molecule has 2 atom stereocenters. The number of ether oxygens (including phenoxy) is 2. The molecule has 34 heavy (non-hydrogen) atoms. The Bertz CT molecular complexity index is 1070. The summed E-state index contributed by atoms with van der Waals surface area (Å²) >= 11 is 0.